The summed E-state index contributed by atoms with van der Waals surface area (Å²) in [5.74, 6) is 1.90. The van der Waals surface area contributed by atoms with Crippen molar-refractivity contribution in [1.29, 1.82) is 0 Å². The van der Waals surface area contributed by atoms with Crippen LogP contribution in [0.2, 0.25) is 0 Å². The Hall–Kier alpha value is -6.72. The largest absolute Gasteiger partial charge is 0.327 e. The van der Waals surface area contributed by atoms with Gasteiger partial charge in [-0.3, -0.25) is 0 Å². The van der Waals surface area contributed by atoms with E-state index in [1.54, 1.807) is 0 Å². The van der Waals surface area contributed by atoms with Gasteiger partial charge in [0, 0.05) is 47.2 Å². The van der Waals surface area contributed by atoms with E-state index in [9.17, 15) is 0 Å². The van der Waals surface area contributed by atoms with Crippen molar-refractivity contribution in [3.05, 3.63) is 163 Å². The molecule has 0 amide bonds. The molecule has 5 heteroatoms. The number of rotatable bonds is 4. The third kappa shape index (κ3) is 4.17. The summed E-state index contributed by atoms with van der Waals surface area (Å²) < 4.78 is 6.84. The summed E-state index contributed by atoms with van der Waals surface area (Å²) in [6.45, 7) is 0. The first kappa shape index (κ1) is 29.1. The normalized spacial score (nSPS) is 12.3. The average Bonchev–Trinajstić information content (AvgIpc) is 3.93. The van der Waals surface area contributed by atoms with Crippen LogP contribution >= 0.6 is 0 Å². The van der Waals surface area contributed by atoms with Gasteiger partial charge in [0.25, 0.3) is 0 Å². The number of aromatic nitrogens is 5. The van der Waals surface area contributed by atoms with E-state index in [-0.39, 0.29) is 0 Å². The Labute approximate surface area is 300 Å². The maximum Gasteiger partial charge on any atom is 0.140 e. The molecular formula is C47H33N5. The quantitative estimate of drug-likeness (QED) is 0.187. The molecule has 11 rings (SSSR count). The van der Waals surface area contributed by atoms with Gasteiger partial charge in [0.2, 0.25) is 0 Å². The van der Waals surface area contributed by atoms with Crippen LogP contribution in [0.4, 0.5) is 0 Å². The Kier molecular flexibility index (Phi) is 6.08. The highest BCUT2D eigenvalue weighted by Crippen LogP contribution is 2.41. The number of para-hydroxylation sites is 4. The molecule has 10 aromatic rings. The molecule has 0 saturated carbocycles. The van der Waals surface area contributed by atoms with Crippen molar-refractivity contribution in [3.8, 4) is 50.7 Å². The summed E-state index contributed by atoms with van der Waals surface area (Å²) in [6, 6.07) is 54.8. The lowest BCUT2D eigenvalue weighted by molar-refractivity contribution is 0.958. The van der Waals surface area contributed by atoms with Gasteiger partial charge in [-0.2, -0.15) is 0 Å². The van der Waals surface area contributed by atoms with E-state index >= 15 is 0 Å². The van der Waals surface area contributed by atoms with Gasteiger partial charge in [-0.25, -0.2) is 9.97 Å². The van der Waals surface area contributed by atoms with Crippen LogP contribution in [0.5, 0.6) is 0 Å². The van der Waals surface area contributed by atoms with E-state index in [0.29, 0.717) is 0 Å². The Balaban J connectivity index is 1.06. The molecule has 0 bridgehead atoms. The second kappa shape index (κ2) is 10.9. The van der Waals surface area contributed by atoms with Crippen LogP contribution in [0.1, 0.15) is 11.1 Å². The van der Waals surface area contributed by atoms with Gasteiger partial charge in [0.05, 0.1) is 33.1 Å². The highest BCUT2D eigenvalue weighted by molar-refractivity contribution is 6.10. The number of hydrogen-bond donors (Lipinski definition) is 0. The number of hydrogen-bond acceptors (Lipinski definition) is 2. The number of aryl methyl sites for hydroxylation is 2. The molecule has 3 heterocycles. The van der Waals surface area contributed by atoms with Crippen molar-refractivity contribution in [3.63, 3.8) is 0 Å². The van der Waals surface area contributed by atoms with E-state index < -0.39 is 0 Å². The topological polar surface area (TPSA) is 40.6 Å². The lowest BCUT2D eigenvalue weighted by atomic mass is 9.98. The summed E-state index contributed by atoms with van der Waals surface area (Å²) in [5.41, 5.74) is 17.7. The zero-order valence-corrected chi connectivity index (χ0v) is 28.9. The van der Waals surface area contributed by atoms with Crippen molar-refractivity contribution in [1.82, 2.24) is 23.7 Å². The third-order valence-electron chi connectivity index (χ3n) is 11.1. The van der Waals surface area contributed by atoms with E-state index in [1.807, 2.05) is 6.07 Å². The molecule has 0 radical (unpaired) electrons. The minimum absolute atomic E-state index is 0.947. The second-order valence-electron chi connectivity index (χ2n) is 14.0. The summed E-state index contributed by atoms with van der Waals surface area (Å²) in [7, 11) is 4.24. The maximum absolute atomic E-state index is 5.26. The van der Waals surface area contributed by atoms with Gasteiger partial charge in [0.1, 0.15) is 11.6 Å². The predicted octanol–water partition coefficient (Wildman–Crippen LogP) is 11.1. The summed E-state index contributed by atoms with van der Waals surface area (Å²) in [4.78, 5) is 10.3. The molecule has 246 valence electrons. The van der Waals surface area contributed by atoms with E-state index in [4.69, 9.17) is 9.97 Å². The average molecular weight is 668 g/mol. The Morgan fingerprint density at radius 1 is 0.442 bits per heavy atom. The van der Waals surface area contributed by atoms with Crippen LogP contribution in [0.25, 0.3) is 94.6 Å². The van der Waals surface area contributed by atoms with Gasteiger partial charge < -0.3 is 13.7 Å². The molecule has 0 saturated heterocycles. The minimum Gasteiger partial charge on any atom is -0.327 e. The molecule has 1 aliphatic rings. The minimum atomic E-state index is 0.947. The number of nitrogens with zero attached hydrogens (tertiary/aromatic N) is 5. The molecule has 3 aromatic heterocycles. The molecule has 52 heavy (non-hydrogen) atoms. The fourth-order valence-corrected chi connectivity index (χ4v) is 8.65. The van der Waals surface area contributed by atoms with Crippen LogP contribution in [0.3, 0.4) is 0 Å². The van der Waals surface area contributed by atoms with Crippen LogP contribution in [-0.2, 0) is 20.5 Å². The van der Waals surface area contributed by atoms with Crippen molar-refractivity contribution >= 4 is 43.9 Å². The summed E-state index contributed by atoms with van der Waals surface area (Å²) in [5, 5.41) is 2.44. The Bertz CT molecular complexity index is 3080. The molecule has 0 unspecified atom stereocenters. The monoisotopic (exact) mass is 667 g/mol. The first-order valence-electron chi connectivity index (χ1n) is 17.8. The van der Waals surface area contributed by atoms with Crippen molar-refractivity contribution in [2.75, 3.05) is 0 Å². The molecule has 5 nitrogen and oxygen atoms in total. The highest BCUT2D eigenvalue weighted by Gasteiger charge is 2.21. The van der Waals surface area contributed by atoms with Gasteiger partial charge >= 0.3 is 0 Å². The van der Waals surface area contributed by atoms with E-state index in [2.05, 4.69) is 173 Å². The predicted molar refractivity (Wildman–Crippen MR) is 214 cm³/mol. The molecule has 7 aromatic carbocycles. The fraction of sp³-hybridized carbons (Fsp3) is 0.0638. The molecule has 1 aliphatic carbocycles. The molecule has 0 atom stereocenters. The molecule has 0 spiro atoms. The summed E-state index contributed by atoms with van der Waals surface area (Å²) in [6.07, 6.45) is 0.974. The first-order chi connectivity index (χ1) is 25.6. The Morgan fingerprint density at radius 2 is 1.12 bits per heavy atom. The first-order valence-corrected chi connectivity index (χ1v) is 17.8. The molecular weight excluding hydrogens is 635 g/mol. The van der Waals surface area contributed by atoms with E-state index in [0.717, 1.165) is 62.5 Å². The van der Waals surface area contributed by atoms with Crippen LogP contribution in [-0.4, -0.2) is 23.7 Å². The molecule has 0 N–H and O–H groups in total. The molecule has 0 fully saturated rings. The summed E-state index contributed by atoms with van der Waals surface area (Å²) >= 11 is 0. The van der Waals surface area contributed by atoms with Crippen molar-refractivity contribution in [2.24, 2.45) is 14.1 Å². The van der Waals surface area contributed by atoms with Crippen molar-refractivity contribution in [2.45, 2.75) is 6.42 Å². The van der Waals surface area contributed by atoms with E-state index in [1.165, 1.54) is 49.7 Å². The van der Waals surface area contributed by atoms with Crippen molar-refractivity contribution < 1.29 is 0 Å². The number of imidazole rings is 2. The standard InChI is InChI=1S/C47H33N5/c1-50-43-20-8-6-17-40(43)48-46(50)31-12-9-13-34(27-31)52-42-19-7-5-15-38(42)39-24-22-32(28-44(39)52)47-49-41-18-10-16-37(45(41)51(47)2)30-21-23-36-33(26-30)25-29-11-3-4-14-35(29)36/h3-24,26-28H,25H2,1-2H3. The van der Waals surface area contributed by atoms with Gasteiger partial charge in [-0.05, 0) is 76.7 Å². The highest BCUT2D eigenvalue weighted by atomic mass is 15.1. The number of benzene rings is 7. The van der Waals surface area contributed by atoms with Gasteiger partial charge in [-0.15, -0.1) is 0 Å². The maximum atomic E-state index is 5.26. The fourth-order valence-electron chi connectivity index (χ4n) is 8.65. The number of fused-ring (bicyclic) bond motifs is 8. The smallest absolute Gasteiger partial charge is 0.140 e. The SMILES string of the molecule is Cn1c(-c2cccc(-n3c4ccccc4c4ccc(-c5nc6cccc(-c7ccc8c(c7)Cc7ccccc7-8)c6n5C)cc43)c2)nc2ccccc21. The lowest BCUT2D eigenvalue weighted by Crippen LogP contribution is -1.98. The zero-order valence-electron chi connectivity index (χ0n) is 28.9. The Morgan fingerprint density at radius 3 is 2.04 bits per heavy atom. The van der Waals surface area contributed by atoms with Gasteiger partial charge in [0.15, 0.2) is 0 Å². The zero-order chi connectivity index (χ0) is 34.5. The lowest BCUT2D eigenvalue weighted by Gasteiger charge is -2.11. The third-order valence-corrected chi connectivity index (χ3v) is 11.1. The van der Waals surface area contributed by atoms with Crippen LogP contribution < -0.4 is 0 Å². The van der Waals surface area contributed by atoms with Crippen LogP contribution in [0, 0.1) is 0 Å². The second-order valence-corrected chi connectivity index (χ2v) is 14.0. The van der Waals surface area contributed by atoms with Crippen LogP contribution in [0.15, 0.2) is 152 Å². The van der Waals surface area contributed by atoms with Gasteiger partial charge in [-0.1, -0.05) is 109 Å². The molecule has 0 aliphatic heterocycles.